The molecule has 0 saturated heterocycles. The number of aromatic nitrogens is 3. The predicted octanol–water partition coefficient (Wildman–Crippen LogP) is 4.25. The van der Waals surface area contributed by atoms with Crippen molar-refractivity contribution in [3.8, 4) is 5.69 Å². The lowest BCUT2D eigenvalue weighted by molar-refractivity contribution is 0.0994. The highest BCUT2D eigenvalue weighted by atomic mass is 32.2. The van der Waals surface area contributed by atoms with E-state index in [-0.39, 0.29) is 11.0 Å². The van der Waals surface area contributed by atoms with Gasteiger partial charge >= 0.3 is 0 Å². The third-order valence-electron chi connectivity index (χ3n) is 3.88. The minimum Gasteiger partial charge on any atom is -0.293 e. The van der Waals surface area contributed by atoms with E-state index in [1.54, 1.807) is 6.33 Å². The normalized spacial score (nSPS) is 12.1. The van der Waals surface area contributed by atoms with E-state index in [1.807, 2.05) is 73.9 Å². The number of Topliss-reactive ketones (excluding diaryl/α,β-unsaturated/α-hetero) is 1. The van der Waals surface area contributed by atoms with Gasteiger partial charge in [-0.25, -0.2) is 0 Å². The third kappa shape index (κ3) is 3.41. The van der Waals surface area contributed by atoms with Gasteiger partial charge in [0.25, 0.3) is 0 Å². The van der Waals surface area contributed by atoms with Gasteiger partial charge in [0.15, 0.2) is 10.9 Å². The predicted molar refractivity (Wildman–Crippen MR) is 96.9 cm³/mol. The molecule has 3 rings (SSSR count). The molecular weight excluding hydrogens is 318 g/mol. The molecule has 0 spiro atoms. The first-order valence-electron chi connectivity index (χ1n) is 7.80. The second kappa shape index (κ2) is 7.01. The number of aryl methyl sites for hydroxylation is 2. The van der Waals surface area contributed by atoms with Crippen molar-refractivity contribution in [3.63, 3.8) is 0 Å². The molecule has 1 heterocycles. The molecule has 2 aromatic carbocycles. The molecule has 122 valence electrons. The monoisotopic (exact) mass is 337 g/mol. The Morgan fingerprint density at radius 2 is 1.79 bits per heavy atom. The summed E-state index contributed by atoms with van der Waals surface area (Å²) in [5.41, 5.74) is 4.03. The summed E-state index contributed by atoms with van der Waals surface area (Å²) in [6.07, 6.45) is 1.69. The summed E-state index contributed by atoms with van der Waals surface area (Å²) < 4.78 is 1.93. The average Bonchev–Trinajstić information content (AvgIpc) is 3.03. The van der Waals surface area contributed by atoms with Gasteiger partial charge in [-0.3, -0.25) is 9.36 Å². The summed E-state index contributed by atoms with van der Waals surface area (Å²) in [6, 6.07) is 15.7. The van der Waals surface area contributed by atoms with Crippen molar-refractivity contribution in [2.45, 2.75) is 31.2 Å². The Morgan fingerprint density at radius 3 is 2.50 bits per heavy atom. The van der Waals surface area contributed by atoms with Gasteiger partial charge < -0.3 is 0 Å². The van der Waals surface area contributed by atoms with Gasteiger partial charge in [-0.2, -0.15) is 0 Å². The summed E-state index contributed by atoms with van der Waals surface area (Å²) in [6.45, 7) is 5.96. The summed E-state index contributed by atoms with van der Waals surface area (Å²) in [5, 5.41) is 8.69. The van der Waals surface area contributed by atoms with Gasteiger partial charge in [0.2, 0.25) is 0 Å². The highest BCUT2D eigenvalue weighted by Crippen LogP contribution is 2.27. The van der Waals surface area contributed by atoms with Crippen LogP contribution in [0.4, 0.5) is 0 Å². The molecule has 1 unspecified atom stereocenters. The number of thioether (sulfide) groups is 1. The molecule has 5 heteroatoms. The number of para-hydroxylation sites is 1. The van der Waals surface area contributed by atoms with Crippen LogP contribution in [-0.2, 0) is 0 Å². The summed E-state index contributed by atoms with van der Waals surface area (Å²) in [7, 11) is 0. The lowest BCUT2D eigenvalue weighted by Crippen LogP contribution is -2.14. The van der Waals surface area contributed by atoms with E-state index < -0.39 is 0 Å². The minimum atomic E-state index is -0.236. The topological polar surface area (TPSA) is 47.8 Å². The van der Waals surface area contributed by atoms with Crippen molar-refractivity contribution >= 4 is 17.5 Å². The molecule has 0 amide bonds. The minimum absolute atomic E-state index is 0.0966. The van der Waals surface area contributed by atoms with Crippen LogP contribution in [0.5, 0.6) is 0 Å². The zero-order valence-electron chi connectivity index (χ0n) is 13.9. The molecular formula is C19H19N3OS. The van der Waals surface area contributed by atoms with Crippen molar-refractivity contribution in [3.05, 3.63) is 71.5 Å². The summed E-state index contributed by atoms with van der Waals surface area (Å²) in [4.78, 5) is 12.6. The molecule has 0 bridgehead atoms. The van der Waals surface area contributed by atoms with Gasteiger partial charge in [0, 0.05) is 5.56 Å². The summed E-state index contributed by atoms with van der Waals surface area (Å²) in [5.74, 6) is 0.0966. The number of benzene rings is 2. The zero-order valence-corrected chi connectivity index (χ0v) is 14.7. The molecule has 4 nitrogen and oxygen atoms in total. The molecule has 0 aliphatic heterocycles. The molecule has 0 N–H and O–H groups in total. The van der Waals surface area contributed by atoms with Crippen molar-refractivity contribution in [1.82, 2.24) is 14.8 Å². The van der Waals surface area contributed by atoms with E-state index in [2.05, 4.69) is 10.2 Å². The highest BCUT2D eigenvalue weighted by molar-refractivity contribution is 8.00. The van der Waals surface area contributed by atoms with E-state index in [9.17, 15) is 4.79 Å². The van der Waals surface area contributed by atoms with Crippen LogP contribution in [-0.4, -0.2) is 25.8 Å². The van der Waals surface area contributed by atoms with Crippen molar-refractivity contribution < 1.29 is 4.79 Å². The van der Waals surface area contributed by atoms with Gasteiger partial charge in [0.05, 0.1) is 10.9 Å². The SMILES string of the molecule is Cc1ccc(C(=O)C(C)Sc2nncn2-c2ccccc2C)cc1. The number of hydrogen-bond donors (Lipinski definition) is 0. The van der Waals surface area contributed by atoms with Crippen LogP contribution in [0.25, 0.3) is 5.69 Å². The van der Waals surface area contributed by atoms with E-state index in [0.717, 1.165) is 27.5 Å². The second-order valence-electron chi connectivity index (χ2n) is 5.76. The second-order valence-corrected chi connectivity index (χ2v) is 7.07. The maximum Gasteiger partial charge on any atom is 0.196 e. The van der Waals surface area contributed by atoms with Gasteiger partial charge in [0.1, 0.15) is 6.33 Å². The molecule has 3 aromatic rings. The number of rotatable bonds is 5. The van der Waals surface area contributed by atoms with Gasteiger partial charge in [-0.15, -0.1) is 10.2 Å². The number of hydrogen-bond acceptors (Lipinski definition) is 4. The van der Waals surface area contributed by atoms with E-state index in [1.165, 1.54) is 11.8 Å². The van der Waals surface area contributed by atoms with Crippen LogP contribution < -0.4 is 0 Å². The number of carbonyl (C=O) groups excluding carboxylic acids is 1. The van der Waals surface area contributed by atoms with Gasteiger partial charge in [-0.05, 0) is 32.4 Å². The van der Waals surface area contributed by atoms with E-state index in [0.29, 0.717) is 0 Å². The van der Waals surface area contributed by atoms with Crippen LogP contribution in [0, 0.1) is 13.8 Å². The Balaban J connectivity index is 1.82. The lowest BCUT2D eigenvalue weighted by atomic mass is 10.1. The van der Waals surface area contributed by atoms with Crippen LogP contribution in [0.3, 0.4) is 0 Å². The molecule has 0 aliphatic carbocycles. The third-order valence-corrected chi connectivity index (χ3v) is 4.94. The molecule has 1 aromatic heterocycles. The van der Waals surface area contributed by atoms with Crippen molar-refractivity contribution in [1.29, 1.82) is 0 Å². The largest absolute Gasteiger partial charge is 0.293 e. The molecule has 0 radical (unpaired) electrons. The fourth-order valence-electron chi connectivity index (χ4n) is 2.47. The first-order valence-corrected chi connectivity index (χ1v) is 8.68. The zero-order chi connectivity index (χ0) is 17.1. The molecule has 0 aliphatic rings. The quantitative estimate of drug-likeness (QED) is 0.516. The smallest absolute Gasteiger partial charge is 0.196 e. The number of nitrogens with zero attached hydrogens (tertiary/aromatic N) is 3. The fourth-order valence-corrected chi connectivity index (χ4v) is 3.38. The standard InChI is InChI=1S/C19H19N3OS/c1-13-8-10-16(11-9-13)18(23)15(3)24-19-21-20-12-22(19)17-7-5-4-6-14(17)2/h4-12,15H,1-3H3. The van der Waals surface area contributed by atoms with Crippen LogP contribution in [0.15, 0.2) is 60.0 Å². The fraction of sp³-hybridized carbons (Fsp3) is 0.211. The molecule has 24 heavy (non-hydrogen) atoms. The Labute approximate surface area is 145 Å². The maximum atomic E-state index is 12.6. The Hall–Kier alpha value is -2.40. The van der Waals surface area contributed by atoms with Crippen molar-refractivity contribution in [2.24, 2.45) is 0 Å². The van der Waals surface area contributed by atoms with E-state index in [4.69, 9.17) is 0 Å². The molecule has 0 saturated carbocycles. The Bertz CT molecular complexity index is 855. The maximum absolute atomic E-state index is 12.6. The van der Waals surface area contributed by atoms with Crippen molar-refractivity contribution in [2.75, 3.05) is 0 Å². The Morgan fingerprint density at radius 1 is 1.08 bits per heavy atom. The summed E-state index contributed by atoms with van der Waals surface area (Å²) >= 11 is 1.43. The molecule has 0 fully saturated rings. The highest BCUT2D eigenvalue weighted by Gasteiger charge is 2.20. The Kier molecular flexibility index (Phi) is 4.81. The van der Waals surface area contributed by atoms with Crippen LogP contribution in [0.1, 0.15) is 28.4 Å². The average molecular weight is 337 g/mol. The van der Waals surface area contributed by atoms with Crippen LogP contribution in [0.2, 0.25) is 0 Å². The number of ketones is 1. The van der Waals surface area contributed by atoms with Crippen LogP contribution >= 0.6 is 11.8 Å². The number of carbonyl (C=O) groups is 1. The first kappa shape index (κ1) is 16.5. The molecule has 1 atom stereocenters. The lowest BCUT2D eigenvalue weighted by Gasteiger charge is -2.12. The first-order chi connectivity index (χ1) is 11.6. The van der Waals surface area contributed by atoms with Gasteiger partial charge in [-0.1, -0.05) is 59.8 Å². The van der Waals surface area contributed by atoms with E-state index >= 15 is 0 Å².